The van der Waals surface area contributed by atoms with Crippen LogP contribution >= 0.6 is 0 Å². The summed E-state index contributed by atoms with van der Waals surface area (Å²) in [6.45, 7) is -1.92. The number of halogens is 3. The van der Waals surface area contributed by atoms with E-state index in [4.69, 9.17) is 9.84 Å². The fourth-order valence-electron chi connectivity index (χ4n) is 1.45. The van der Waals surface area contributed by atoms with Crippen molar-refractivity contribution >= 4 is 17.6 Å². The van der Waals surface area contributed by atoms with E-state index in [0.29, 0.717) is 5.75 Å². The molecule has 1 rings (SSSR count). The molecule has 0 heterocycles. The molecule has 0 unspecified atom stereocenters. The zero-order valence-corrected chi connectivity index (χ0v) is 11.0. The van der Waals surface area contributed by atoms with Crippen molar-refractivity contribution in [1.82, 2.24) is 5.32 Å². The van der Waals surface area contributed by atoms with Crippen LogP contribution in [0.5, 0.6) is 5.75 Å². The Balaban J connectivity index is 2.72. The van der Waals surface area contributed by atoms with Gasteiger partial charge in [0.25, 0.3) is 0 Å². The maximum Gasteiger partial charge on any atom is 0.401 e. The molecule has 3 N–H and O–H groups in total. The number of nitrogens with one attached hydrogen (secondary N) is 2. The summed E-state index contributed by atoms with van der Waals surface area (Å²) in [6, 6.07) is 3.88. The maximum absolute atomic E-state index is 11.9. The molecule has 1 amide bonds. The summed E-state index contributed by atoms with van der Waals surface area (Å²) in [5, 5.41) is 13.1. The molecule has 9 heteroatoms. The summed E-state index contributed by atoms with van der Waals surface area (Å²) >= 11 is 0. The van der Waals surface area contributed by atoms with Crippen molar-refractivity contribution in [2.45, 2.75) is 6.18 Å². The predicted octanol–water partition coefficient (Wildman–Crippen LogP) is 1.48. The first-order chi connectivity index (χ1) is 9.73. The van der Waals surface area contributed by atoms with Crippen molar-refractivity contribution in [3.8, 4) is 5.75 Å². The van der Waals surface area contributed by atoms with Crippen molar-refractivity contribution < 1.29 is 32.6 Å². The number of methoxy groups -OCH3 is 1. The second kappa shape index (κ2) is 6.93. The third kappa shape index (κ3) is 5.69. The van der Waals surface area contributed by atoms with E-state index in [0.717, 1.165) is 0 Å². The van der Waals surface area contributed by atoms with E-state index in [2.05, 4.69) is 5.32 Å². The van der Waals surface area contributed by atoms with Crippen molar-refractivity contribution in [3.63, 3.8) is 0 Å². The summed E-state index contributed by atoms with van der Waals surface area (Å²) in [4.78, 5) is 22.5. The largest absolute Gasteiger partial charge is 0.497 e. The molecule has 1 aromatic carbocycles. The Bertz CT molecular complexity index is 532. The van der Waals surface area contributed by atoms with Gasteiger partial charge in [0.1, 0.15) is 5.75 Å². The molecule has 116 valence electrons. The molecule has 0 aliphatic rings. The molecular formula is C12H13F3N2O4. The van der Waals surface area contributed by atoms with Gasteiger partial charge in [-0.1, -0.05) is 0 Å². The Morgan fingerprint density at radius 3 is 2.52 bits per heavy atom. The van der Waals surface area contributed by atoms with Crippen molar-refractivity contribution in [3.05, 3.63) is 23.8 Å². The first-order valence-corrected chi connectivity index (χ1v) is 5.71. The van der Waals surface area contributed by atoms with E-state index < -0.39 is 31.1 Å². The van der Waals surface area contributed by atoms with Crippen molar-refractivity contribution in [2.24, 2.45) is 0 Å². The number of hydrogen-bond donors (Lipinski definition) is 3. The van der Waals surface area contributed by atoms with Crippen LogP contribution in [-0.4, -0.2) is 43.4 Å². The Morgan fingerprint density at radius 2 is 2.00 bits per heavy atom. The lowest BCUT2D eigenvalue weighted by Gasteiger charge is -2.11. The van der Waals surface area contributed by atoms with Gasteiger partial charge < -0.3 is 20.5 Å². The lowest BCUT2D eigenvalue weighted by molar-refractivity contribution is -0.126. The van der Waals surface area contributed by atoms with Gasteiger partial charge in [-0.25, -0.2) is 4.79 Å². The lowest BCUT2D eigenvalue weighted by atomic mass is 10.1. The van der Waals surface area contributed by atoms with Gasteiger partial charge in [0.05, 0.1) is 31.5 Å². The number of carboxylic acids is 1. The highest BCUT2D eigenvalue weighted by atomic mass is 19.4. The fourth-order valence-corrected chi connectivity index (χ4v) is 1.45. The minimum Gasteiger partial charge on any atom is -0.497 e. The van der Waals surface area contributed by atoms with E-state index in [1.807, 2.05) is 5.32 Å². The summed E-state index contributed by atoms with van der Waals surface area (Å²) in [7, 11) is 1.35. The molecule has 0 saturated heterocycles. The standard InChI is InChI=1S/C12H13F3N2O4/c1-21-7-2-3-8(11(19)20)9(4-7)17-10(18)5-16-6-12(13,14)15/h2-4,16H,5-6H2,1H3,(H,17,18)(H,19,20). The highest BCUT2D eigenvalue weighted by Gasteiger charge is 2.26. The monoisotopic (exact) mass is 306 g/mol. The third-order valence-electron chi connectivity index (χ3n) is 2.34. The molecule has 0 radical (unpaired) electrons. The Hall–Kier alpha value is -2.29. The summed E-state index contributed by atoms with van der Waals surface area (Å²) in [5.74, 6) is -1.77. The Labute approximate surface area is 117 Å². The number of carbonyl (C=O) groups excluding carboxylic acids is 1. The van der Waals surface area contributed by atoms with E-state index in [1.165, 1.54) is 25.3 Å². The smallest absolute Gasteiger partial charge is 0.401 e. The second-order valence-electron chi connectivity index (χ2n) is 3.98. The molecule has 0 aliphatic carbocycles. The van der Waals surface area contributed by atoms with Crippen LogP contribution in [-0.2, 0) is 4.79 Å². The molecule has 0 aliphatic heterocycles. The molecule has 21 heavy (non-hydrogen) atoms. The summed E-state index contributed by atoms with van der Waals surface area (Å²) in [6.07, 6.45) is -4.43. The average Bonchev–Trinajstić information content (AvgIpc) is 2.36. The molecule has 0 fully saturated rings. The van der Waals surface area contributed by atoms with Crippen LogP contribution < -0.4 is 15.4 Å². The van der Waals surface area contributed by atoms with E-state index in [1.54, 1.807) is 0 Å². The van der Waals surface area contributed by atoms with Gasteiger partial charge in [-0.05, 0) is 12.1 Å². The van der Waals surface area contributed by atoms with E-state index in [-0.39, 0.29) is 11.3 Å². The zero-order valence-electron chi connectivity index (χ0n) is 11.0. The number of rotatable bonds is 6. The first-order valence-electron chi connectivity index (χ1n) is 5.71. The van der Waals surface area contributed by atoms with Gasteiger partial charge in [0, 0.05) is 6.07 Å². The molecule has 0 bridgehead atoms. The first kappa shape index (κ1) is 16.8. The molecule has 1 aromatic rings. The minimum absolute atomic E-state index is 0.0549. The highest BCUT2D eigenvalue weighted by molar-refractivity contribution is 6.01. The van der Waals surface area contributed by atoms with Gasteiger partial charge in [0.15, 0.2) is 0 Å². The summed E-state index contributed by atoms with van der Waals surface area (Å²) < 4.78 is 40.6. The number of hydrogen-bond acceptors (Lipinski definition) is 4. The van der Waals surface area contributed by atoms with Gasteiger partial charge in [-0.2, -0.15) is 13.2 Å². The average molecular weight is 306 g/mol. The Morgan fingerprint density at radius 1 is 1.33 bits per heavy atom. The number of alkyl halides is 3. The van der Waals surface area contributed by atoms with Crippen molar-refractivity contribution in [2.75, 3.05) is 25.5 Å². The maximum atomic E-state index is 11.9. The van der Waals surface area contributed by atoms with Crippen molar-refractivity contribution in [1.29, 1.82) is 0 Å². The highest BCUT2D eigenvalue weighted by Crippen LogP contribution is 2.22. The fraction of sp³-hybridized carbons (Fsp3) is 0.333. The number of ether oxygens (including phenoxy) is 1. The molecule has 0 saturated carbocycles. The summed E-state index contributed by atoms with van der Waals surface area (Å²) in [5.41, 5.74) is -0.249. The van der Waals surface area contributed by atoms with Gasteiger partial charge >= 0.3 is 12.1 Å². The van der Waals surface area contributed by atoms with Gasteiger partial charge in [-0.3, -0.25) is 4.79 Å². The minimum atomic E-state index is -4.43. The molecular weight excluding hydrogens is 293 g/mol. The second-order valence-corrected chi connectivity index (χ2v) is 3.98. The zero-order chi connectivity index (χ0) is 16.0. The quantitative estimate of drug-likeness (QED) is 0.741. The van der Waals surface area contributed by atoms with E-state index >= 15 is 0 Å². The van der Waals surface area contributed by atoms with Crippen LogP contribution in [0.4, 0.5) is 18.9 Å². The molecule has 6 nitrogen and oxygen atoms in total. The number of carboxylic acid groups (broad SMARTS) is 1. The molecule has 0 atom stereocenters. The molecule has 0 aromatic heterocycles. The topological polar surface area (TPSA) is 87.7 Å². The van der Waals surface area contributed by atoms with Gasteiger partial charge in [0.2, 0.25) is 5.91 Å². The van der Waals surface area contributed by atoms with Gasteiger partial charge in [-0.15, -0.1) is 0 Å². The van der Waals surface area contributed by atoms with Crippen LogP contribution in [0.25, 0.3) is 0 Å². The number of aromatic carboxylic acids is 1. The van der Waals surface area contributed by atoms with E-state index in [9.17, 15) is 22.8 Å². The van der Waals surface area contributed by atoms with Crippen LogP contribution in [0.1, 0.15) is 10.4 Å². The lowest BCUT2D eigenvalue weighted by Crippen LogP contribution is -2.35. The van der Waals surface area contributed by atoms with Crippen LogP contribution in [0.2, 0.25) is 0 Å². The van der Waals surface area contributed by atoms with Crippen LogP contribution in [0.3, 0.4) is 0 Å². The van der Waals surface area contributed by atoms with Crippen LogP contribution in [0.15, 0.2) is 18.2 Å². The third-order valence-corrected chi connectivity index (χ3v) is 2.34. The normalized spacial score (nSPS) is 11.0. The number of anilines is 1. The number of benzene rings is 1. The predicted molar refractivity (Wildman–Crippen MR) is 67.5 cm³/mol. The van der Waals surface area contributed by atoms with Crippen LogP contribution in [0, 0.1) is 0 Å². The Kier molecular flexibility index (Phi) is 5.53. The number of amides is 1. The SMILES string of the molecule is COc1ccc(C(=O)O)c(NC(=O)CNCC(F)(F)F)c1. The molecule has 0 spiro atoms. The number of carbonyl (C=O) groups is 2.